The van der Waals surface area contributed by atoms with Gasteiger partial charge in [0.25, 0.3) is 5.91 Å². The third kappa shape index (κ3) is 6.31. The van der Waals surface area contributed by atoms with Gasteiger partial charge in [-0.3, -0.25) is 14.4 Å². The van der Waals surface area contributed by atoms with Crippen molar-refractivity contribution < 1.29 is 19.1 Å². The zero-order chi connectivity index (χ0) is 19.8. The van der Waals surface area contributed by atoms with Crippen LogP contribution in [-0.4, -0.2) is 49.9 Å². The molecule has 2 aromatic carbocycles. The van der Waals surface area contributed by atoms with Crippen LogP contribution < -0.4 is 15.4 Å². The number of nitrogens with one attached hydrogen (secondary N) is 2. The topological polar surface area (TPSA) is 87.7 Å². The number of nitrogens with zero attached hydrogens (tertiary/aromatic N) is 1. The van der Waals surface area contributed by atoms with Crippen molar-refractivity contribution in [2.24, 2.45) is 0 Å². The summed E-state index contributed by atoms with van der Waals surface area (Å²) >= 11 is 5.77. The highest BCUT2D eigenvalue weighted by Crippen LogP contribution is 2.14. The van der Waals surface area contributed by atoms with Gasteiger partial charge in [0.05, 0.1) is 20.2 Å². The summed E-state index contributed by atoms with van der Waals surface area (Å²) in [4.78, 5) is 37.4. The minimum Gasteiger partial charge on any atom is -0.497 e. The average molecular weight is 390 g/mol. The Morgan fingerprint density at radius 3 is 2.26 bits per heavy atom. The molecule has 0 heterocycles. The van der Waals surface area contributed by atoms with Crippen LogP contribution in [0.15, 0.2) is 48.5 Å². The number of hydrogen-bond donors (Lipinski definition) is 2. The van der Waals surface area contributed by atoms with Crippen LogP contribution in [0.5, 0.6) is 5.75 Å². The maximum absolute atomic E-state index is 12.1. The van der Waals surface area contributed by atoms with E-state index >= 15 is 0 Å². The van der Waals surface area contributed by atoms with Crippen LogP contribution in [-0.2, 0) is 9.59 Å². The number of rotatable bonds is 7. The van der Waals surface area contributed by atoms with Crippen LogP contribution in [0.2, 0.25) is 5.02 Å². The van der Waals surface area contributed by atoms with Gasteiger partial charge in [-0.1, -0.05) is 11.6 Å². The van der Waals surface area contributed by atoms with Crippen molar-refractivity contribution in [2.75, 3.05) is 32.6 Å². The Kier molecular flexibility index (Phi) is 7.19. The maximum Gasteiger partial charge on any atom is 0.251 e. The van der Waals surface area contributed by atoms with Crippen LogP contribution in [0.1, 0.15) is 10.4 Å². The van der Waals surface area contributed by atoms with Crippen LogP contribution in [0, 0.1) is 0 Å². The minimum atomic E-state index is -0.392. The van der Waals surface area contributed by atoms with E-state index in [-0.39, 0.29) is 24.9 Å². The van der Waals surface area contributed by atoms with Gasteiger partial charge >= 0.3 is 0 Å². The standard InChI is InChI=1S/C19H20ClN3O4/c1-23(12-17(24)22-15-7-9-16(27-2)10-8-15)18(25)11-21-19(26)13-3-5-14(20)6-4-13/h3-10H,11-12H2,1-2H3,(H,21,26)(H,22,24). The second-order valence-corrected chi connectivity index (χ2v) is 6.15. The molecule has 0 radical (unpaired) electrons. The van der Waals surface area contributed by atoms with Crippen molar-refractivity contribution in [1.29, 1.82) is 0 Å². The molecule has 7 nitrogen and oxygen atoms in total. The molecule has 0 aliphatic rings. The Morgan fingerprint density at radius 1 is 1.04 bits per heavy atom. The summed E-state index contributed by atoms with van der Waals surface area (Å²) in [5.74, 6) is -0.449. The SMILES string of the molecule is COc1ccc(NC(=O)CN(C)C(=O)CNC(=O)c2ccc(Cl)cc2)cc1. The molecule has 3 amide bonds. The molecule has 0 spiro atoms. The van der Waals surface area contributed by atoms with Gasteiger partial charge in [0.2, 0.25) is 11.8 Å². The molecule has 2 N–H and O–H groups in total. The minimum absolute atomic E-state index is 0.137. The number of hydrogen-bond acceptors (Lipinski definition) is 4. The lowest BCUT2D eigenvalue weighted by atomic mass is 10.2. The molecule has 27 heavy (non-hydrogen) atoms. The normalized spacial score (nSPS) is 10.0. The lowest BCUT2D eigenvalue weighted by Gasteiger charge is -2.17. The lowest BCUT2D eigenvalue weighted by molar-refractivity contribution is -0.132. The zero-order valence-corrected chi connectivity index (χ0v) is 15.7. The fraction of sp³-hybridized carbons (Fsp3) is 0.211. The van der Waals surface area contributed by atoms with E-state index in [1.165, 1.54) is 11.9 Å². The molecule has 0 aliphatic carbocycles. The predicted octanol–water partition coefficient (Wildman–Crippen LogP) is 2.18. The number of halogens is 1. The fourth-order valence-corrected chi connectivity index (χ4v) is 2.30. The van der Waals surface area contributed by atoms with E-state index in [1.807, 2.05) is 0 Å². The van der Waals surface area contributed by atoms with E-state index in [9.17, 15) is 14.4 Å². The number of carbonyl (C=O) groups is 3. The maximum atomic E-state index is 12.1. The first-order valence-electron chi connectivity index (χ1n) is 8.10. The molecule has 0 saturated heterocycles. The summed E-state index contributed by atoms with van der Waals surface area (Å²) in [5, 5.41) is 5.72. The Balaban J connectivity index is 1.79. The smallest absolute Gasteiger partial charge is 0.251 e. The summed E-state index contributed by atoms with van der Waals surface area (Å²) in [7, 11) is 3.05. The van der Waals surface area contributed by atoms with Gasteiger partial charge in [-0.15, -0.1) is 0 Å². The molecule has 0 unspecified atom stereocenters. The molecule has 0 atom stereocenters. The molecular formula is C19H20ClN3O4. The summed E-state index contributed by atoms with van der Waals surface area (Å²) in [6.45, 7) is -0.352. The number of methoxy groups -OCH3 is 1. The van der Waals surface area contributed by atoms with E-state index in [0.717, 1.165) is 0 Å². The largest absolute Gasteiger partial charge is 0.497 e. The fourth-order valence-electron chi connectivity index (χ4n) is 2.17. The Bertz CT molecular complexity index is 807. The molecular weight excluding hydrogens is 370 g/mol. The second-order valence-electron chi connectivity index (χ2n) is 5.72. The van der Waals surface area contributed by atoms with Gasteiger partial charge < -0.3 is 20.3 Å². The highest BCUT2D eigenvalue weighted by atomic mass is 35.5. The van der Waals surface area contributed by atoms with Gasteiger partial charge in [-0.05, 0) is 48.5 Å². The van der Waals surface area contributed by atoms with Gasteiger partial charge in [0, 0.05) is 23.3 Å². The molecule has 2 aromatic rings. The Hall–Kier alpha value is -3.06. The highest BCUT2D eigenvalue weighted by molar-refractivity contribution is 6.30. The van der Waals surface area contributed by atoms with Crippen molar-refractivity contribution in [3.63, 3.8) is 0 Å². The summed E-state index contributed by atoms with van der Waals surface area (Å²) in [6.07, 6.45) is 0. The number of carbonyl (C=O) groups excluding carboxylic acids is 3. The van der Waals surface area contributed by atoms with E-state index in [4.69, 9.17) is 16.3 Å². The monoisotopic (exact) mass is 389 g/mol. The third-order valence-electron chi connectivity index (χ3n) is 3.69. The summed E-state index contributed by atoms with van der Waals surface area (Å²) in [6, 6.07) is 13.1. The third-order valence-corrected chi connectivity index (χ3v) is 3.94. The summed E-state index contributed by atoms with van der Waals surface area (Å²) in [5.41, 5.74) is 0.991. The van der Waals surface area contributed by atoms with E-state index in [0.29, 0.717) is 22.0 Å². The zero-order valence-electron chi connectivity index (χ0n) is 15.0. The highest BCUT2D eigenvalue weighted by Gasteiger charge is 2.15. The predicted molar refractivity (Wildman–Crippen MR) is 103 cm³/mol. The first-order chi connectivity index (χ1) is 12.9. The Labute approximate surface area is 162 Å². The molecule has 8 heteroatoms. The summed E-state index contributed by atoms with van der Waals surface area (Å²) < 4.78 is 5.05. The number of likely N-dealkylation sites (N-methyl/N-ethyl adjacent to an activating group) is 1. The van der Waals surface area contributed by atoms with Crippen LogP contribution in [0.4, 0.5) is 5.69 Å². The number of ether oxygens (including phenoxy) is 1. The first-order valence-corrected chi connectivity index (χ1v) is 8.48. The molecule has 0 aromatic heterocycles. The van der Waals surface area contributed by atoms with E-state index in [1.54, 1.807) is 55.6 Å². The van der Waals surface area contributed by atoms with Crippen molar-refractivity contribution in [3.8, 4) is 5.75 Å². The average Bonchev–Trinajstić information content (AvgIpc) is 2.66. The molecule has 0 bridgehead atoms. The van der Waals surface area contributed by atoms with Crippen LogP contribution in [0.3, 0.4) is 0 Å². The molecule has 0 fully saturated rings. The van der Waals surface area contributed by atoms with Crippen molar-refractivity contribution >= 4 is 35.0 Å². The molecule has 2 rings (SSSR count). The van der Waals surface area contributed by atoms with Crippen LogP contribution >= 0.6 is 11.6 Å². The van der Waals surface area contributed by atoms with Gasteiger partial charge in [0.15, 0.2) is 0 Å². The Morgan fingerprint density at radius 2 is 1.67 bits per heavy atom. The van der Waals surface area contributed by atoms with Crippen molar-refractivity contribution in [1.82, 2.24) is 10.2 Å². The van der Waals surface area contributed by atoms with Gasteiger partial charge in [-0.2, -0.15) is 0 Å². The lowest BCUT2D eigenvalue weighted by Crippen LogP contribution is -2.41. The van der Waals surface area contributed by atoms with Crippen molar-refractivity contribution in [3.05, 3.63) is 59.1 Å². The van der Waals surface area contributed by atoms with Crippen LogP contribution in [0.25, 0.3) is 0 Å². The number of anilines is 1. The quantitative estimate of drug-likeness (QED) is 0.759. The van der Waals surface area contributed by atoms with E-state index in [2.05, 4.69) is 10.6 Å². The number of amides is 3. The van der Waals surface area contributed by atoms with Gasteiger partial charge in [-0.25, -0.2) is 0 Å². The molecule has 0 saturated carbocycles. The van der Waals surface area contributed by atoms with E-state index < -0.39 is 5.91 Å². The van der Waals surface area contributed by atoms with Crippen molar-refractivity contribution in [2.45, 2.75) is 0 Å². The van der Waals surface area contributed by atoms with Gasteiger partial charge in [0.1, 0.15) is 5.75 Å². The first kappa shape index (κ1) is 20.3. The molecule has 0 aliphatic heterocycles. The number of benzene rings is 2. The second kappa shape index (κ2) is 9.59. The molecule has 142 valence electrons.